The number of hydrogen-bond acceptors (Lipinski definition) is 5. The number of para-hydroxylation sites is 1. The zero-order valence-corrected chi connectivity index (χ0v) is 21.5. The summed E-state index contributed by atoms with van der Waals surface area (Å²) >= 11 is 0. The van der Waals surface area contributed by atoms with Crippen LogP contribution in [0.2, 0.25) is 0 Å². The molecule has 3 aromatic heterocycles. The summed E-state index contributed by atoms with van der Waals surface area (Å²) in [4.78, 5) is 35.4. The number of hydrogen-bond donors (Lipinski definition) is 2. The molecule has 5 aromatic rings. The van der Waals surface area contributed by atoms with Gasteiger partial charge in [-0.15, -0.1) is 0 Å². The average Bonchev–Trinajstić information content (AvgIpc) is 3.45. The smallest absolute Gasteiger partial charge is 0.284 e. The van der Waals surface area contributed by atoms with Crippen molar-refractivity contribution in [1.82, 2.24) is 23.9 Å². The van der Waals surface area contributed by atoms with E-state index in [1.165, 1.54) is 12.4 Å². The van der Waals surface area contributed by atoms with Crippen LogP contribution in [0.25, 0.3) is 27.8 Å². The summed E-state index contributed by atoms with van der Waals surface area (Å²) in [7, 11) is 0. The van der Waals surface area contributed by atoms with Gasteiger partial charge in [-0.25, -0.2) is 19.0 Å². The maximum atomic E-state index is 15.5. The fourth-order valence-corrected chi connectivity index (χ4v) is 5.45. The number of halogens is 1. The first-order valence-corrected chi connectivity index (χ1v) is 13.1. The number of benzene rings is 2. The van der Waals surface area contributed by atoms with E-state index in [1.54, 1.807) is 16.8 Å². The molecule has 0 saturated heterocycles. The van der Waals surface area contributed by atoms with Gasteiger partial charge in [0.05, 0.1) is 16.8 Å². The molecule has 0 atom stereocenters. The standard InChI is InChI=1S/C29H28FN7O2/c1-2-13-35-16-21(24-26(31)32-17-33-27(24)35)20-12-11-18(15-22(20)30)34-28(38)25-23-10-6-7-14-36(23)37(29(25)39)19-8-4-3-5-9-19/h3-5,8-9,11-12,15-17H,2,6-7,10,13-14H2,1H3,(H,34,38)(H2,31,32,33). The Balaban J connectivity index is 1.36. The summed E-state index contributed by atoms with van der Waals surface area (Å²) in [6.45, 7) is 3.39. The molecular formula is C29H28FN7O2. The Hall–Kier alpha value is -4.73. The minimum atomic E-state index is -0.551. The highest BCUT2D eigenvalue weighted by atomic mass is 19.1. The van der Waals surface area contributed by atoms with Crippen molar-refractivity contribution in [3.05, 3.63) is 88.5 Å². The van der Waals surface area contributed by atoms with Crippen molar-refractivity contribution >= 4 is 28.4 Å². The van der Waals surface area contributed by atoms with Gasteiger partial charge in [-0.2, -0.15) is 0 Å². The van der Waals surface area contributed by atoms with Gasteiger partial charge in [-0.1, -0.05) is 25.1 Å². The predicted octanol–water partition coefficient (Wildman–Crippen LogP) is 4.77. The molecule has 0 radical (unpaired) electrons. The number of carbonyl (C=O) groups is 1. The lowest BCUT2D eigenvalue weighted by molar-refractivity contribution is 0.102. The third kappa shape index (κ3) is 4.18. The third-order valence-electron chi connectivity index (χ3n) is 7.17. The van der Waals surface area contributed by atoms with Crippen LogP contribution in [0.4, 0.5) is 15.9 Å². The summed E-state index contributed by atoms with van der Waals surface area (Å²) in [6, 6.07) is 13.8. The molecular weight excluding hydrogens is 497 g/mol. The summed E-state index contributed by atoms with van der Waals surface area (Å²) in [5.41, 5.74) is 9.06. The Bertz CT molecular complexity index is 1770. The molecule has 0 saturated carbocycles. The monoisotopic (exact) mass is 525 g/mol. The molecule has 39 heavy (non-hydrogen) atoms. The van der Waals surface area contributed by atoms with Crippen LogP contribution in [0.15, 0.2) is 65.8 Å². The quantitative estimate of drug-likeness (QED) is 0.332. The lowest BCUT2D eigenvalue weighted by Crippen LogP contribution is -2.25. The summed E-state index contributed by atoms with van der Waals surface area (Å²) in [5.74, 6) is -0.813. The van der Waals surface area contributed by atoms with Crippen molar-refractivity contribution in [1.29, 1.82) is 0 Å². The van der Waals surface area contributed by atoms with Crippen molar-refractivity contribution < 1.29 is 9.18 Å². The molecule has 2 aromatic carbocycles. The van der Waals surface area contributed by atoms with Crippen molar-refractivity contribution in [3.63, 3.8) is 0 Å². The number of anilines is 2. The van der Waals surface area contributed by atoms with Crippen molar-refractivity contribution in [2.45, 2.75) is 45.7 Å². The minimum Gasteiger partial charge on any atom is -0.383 e. The number of nitrogens with zero attached hydrogens (tertiary/aromatic N) is 5. The SMILES string of the molecule is CCCn1cc(-c2ccc(NC(=O)c3c4n(n(-c5ccccc5)c3=O)CCCC4)cc2F)c2c(N)ncnc21. The van der Waals surface area contributed by atoms with Crippen LogP contribution in [0.1, 0.15) is 42.2 Å². The molecule has 0 bridgehead atoms. The van der Waals surface area contributed by atoms with Crippen LogP contribution in [-0.2, 0) is 19.5 Å². The maximum Gasteiger partial charge on any atom is 0.284 e. The van der Waals surface area contributed by atoms with E-state index in [0.717, 1.165) is 19.3 Å². The molecule has 0 aliphatic carbocycles. The molecule has 10 heteroatoms. The topological polar surface area (TPSA) is 113 Å². The molecule has 6 rings (SSSR count). The fraction of sp³-hybridized carbons (Fsp3) is 0.241. The van der Waals surface area contributed by atoms with Crippen LogP contribution < -0.4 is 16.6 Å². The Kier molecular flexibility index (Phi) is 6.22. The molecule has 1 aliphatic rings. The molecule has 0 unspecified atom stereocenters. The second kappa shape index (κ2) is 9.86. The highest BCUT2D eigenvalue weighted by Gasteiger charge is 2.28. The summed E-state index contributed by atoms with van der Waals surface area (Å²) < 4.78 is 20.9. The molecule has 198 valence electrons. The first-order chi connectivity index (χ1) is 19.0. The third-order valence-corrected chi connectivity index (χ3v) is 7.17. The van der Waals surface area contributed by atoms with Gasteiger partial charge in [0, 0.05) is 36.1 Å². The van der Waals surface area contributed by atoms with Gasteiger partial charge in [-0.05, 0) is 56.0 Å². The predicted molar refractivity (Wildman–Crippen MR) is 149 cm³/mol. The zero-order chi connectivity index (χ0) is 27.1. The normalized spacial score (nSPS) is 13.0. The largest absolute Gasteiger partial charge is 0.383 e. The first kappa shape index (κ1) is 24.6. The van der Waals surface area contributed by atoms with Crippen LogP contribution in [0.3, 0.4) is 0 Å². The van der Waals surface area contributed by atoms with E-state index in [0.29, 0.717) is 53.1 Å². The highest BCUT2D eigenvalue weighted by molar-refractivity contribution is 6.05. The number of rotatable bonds is 6. The van der Waals surface area contributed by atoms with E-state index < -0.39 is 11.7 Å². The maximum absolute atomic E-state index is 15.5. The van der Waals surface area contributed by atoms with Crippen molar-refractivity contribution in [2.75, 3.05) is 11.1 Å². The van der Waals surface area contributed by atoms with Crippen LogP contribution in [-0.4, -0.2) is 29.8 Å². The Morgan fingerprint density at radius 2 is 1.92 bits per heavy atom. The van der Waals surface area contributed by atoms with Gasteiger partial charge in [0.2, 0.25) is 0 Å². The van der Waals surface area contributed by atoms with Crippen LogP contribution >= 0.6 is 0 Å². The number of amides is 1. The molecule has 0 fully saturated rings. The Labute approximate surface area is 223 Å². The summed E-state index contributed by atoms with van der Waals surface area (Å²) in [5, 5.41) is 3.33. The van der Waals surface area contributed by atoms with Gasteiger partial charge in [0.15, 0.2) is 0 Å². The molecule has 4 heterocycles. The lowest BCUT2D eigenvalue weighted by atomic mass is 10.0. The van der Waals surface area contributed by atoms with E-state index in [1.807, 2.05) is 52.7 Å². The molecule has 1 aliphatic heterocycles. The number of fused-ring (bicyclic) bond motifs is 2. The van der Waals surface area contributed by atoms with Crippen molar-refractivity contribution in [3.8, 4) is 16.8 Å². The van der Waals surface area contributed by atoms with Gasteiger partial charge < -0.3 is 15.6 Å². The molecule has 1 amide bonds. The highest BCUT2D eigenvalue weighted by Crippen LogP contribution is 2.35. The Morgan fingerprint density at radius 3 is 2.69 bits per heavy atom. The number of aromatic nitrogens is 5. The van der Waals surface area contributed by atoms with E-state index in [2.05, 4.69) is 15.3 Å². The molecule has 3 N–H and O–H groups in total. The van der Waals surface area contributed by atoms with Gasteiger partial charge in [0.25, 0.3) is 11.5 Å². The van der Waals surface area contributed by atoms with E-state index in [4.69, 9.17) is 5.73 Å². The number of nitrogens with two attached hydrogens (primary N) is 1. The first-order valence-electron chi connectivity index (χ1n) is 13.1. The van der Waals surface area contributed by atoms with E-state index in [9.17, 15) is 9.59 Å². The van der Waals surface area contributed by atoms with E-state index in [-0.39, 0.29) is 22.6 Å². The number of aryl methyl sites for hydroxylation is 1. The van der Waals surface area contributed by atoms with Gasteiger partial charge in [-0.3, -0.25) is 14.3 Å². The van der Waals surface area contributed by atoms with Crippen LogP contribution in [0.5, 0.6) is 0 Å². The Morgan fingerprint density at radius 1 is 1.10 bits per heavy atom. The van der Waals surface area contributed by atoms with Crippen molar-refractivity contribution in [2.24, 2.45) is 0 Å². The second-order valence-electron chi connectivity index (χ2n) is 9.70. The average molecular weight is 526 g/mol. The van der Waals surface area contributed by atoms with Crippen LogP contribution in [0, 0.1) is 5.82 Å². The fourth-order valence-electron chi connectivity index (χ4n) is 5.45. The minimum absolute atomic E-state index is 0.0931. The van der Waals surface area contributed by atoms with E-state index >= 15 is 4.39 Å². The lowest BCUT2D eigenvalue weighted by Gasteiger charge is -2.19. The number of carbonyl (C=O) groups excluding carboxylic acids is 1. The van der Waals surface area contributed by atoms with Gasteiger partial charge >= 0.3 is 0 Å². The molecule has 0 spiro atoms. The summed E-state index contributed by atoms with van der Waals surface area (Å²) in [6.07, 6.45) is 6.53. The van der Waals surface area contributed by atoms with Gasteiger partial charge in [0.1, 0.15) is 29.2 Å². The second-order valence-corrected chi connectivity index (χ2v) is 9.70. The molecule has 9 nitrogen and oxygen atoms in total. The number of nitrogens with one attached hydrogen (secondary N) is 1. The number of nitrogen functional groups attached to an aromatic ring is 1. The zero-order valence-electron chi connectivity index (χ0n) is 21.5.